The lowest BCUT2D eigenvalue weighted by Crippen LogP contribution is -2.65. The van der Waals surface area contributed by atoms with Crippen LogP contribution in [0.1, 0.15) is 120 Å². The molecule has 3 fully saturated rings. The van der Waals surface area contributed by atoms with E-state index in [0.29, 0.717) is 58.1 Å². The first-order chi connectivity index (χ1) is 68.1. The first-order valence-corrected chi connectivity index (χ1v) is 47.0. The summed E-state index contributed by atoms with van der Waals surface area (Å²) in [6.45, 7) is 34.3. The van der Waals surface area contributed by atoms with E-state index >= 15 is 44.3 Å². The molecule has 6 aromatic heterocycles. The van der Waals surface area contributed by atoms with E-state index in [1.807, 2.05) is 81.9 Å². The third-order valence-electron chi connectivity index (χ3n) is 27.7. The summed E-state index contributed by atoms with van der Waals surface area (Å²) < 4.78 is 150. The van der Waals surface area contributed by atoms with Crippen molar-refractivity contribution < 1.29 is 84.2 Å². The van der Waals surface area contributed by atoms with Crippen LogP contribution >= 0.6 is 0 Å². The summed E-state index contributed by atoms with van der Waals surface area (Å²) in [6.07, 6.45) is 8.74. The highest BCUT2D eigenvalue weighted by atomic mass is 19.2. The van der Waals surface area contributed by atoms with Gasteiger partial charge in [-0.15, -0.1) is 0 Å². The minimum absolute atomic E-state index is 0.00787. The van der Waals surface area contributed by atoms with Crippen LogP contribution in [0, 0.1) is 73.1 Å². The predicted octanol–water partition coefficient (Wildman–Crippen LogP) is 14.9. The number of carbonyl (C=O) groups excluding carboxylic acids is 4. The van der Waals surface area contributed by atoms with Crippen molar-refractivity contribution in [3.8, 4) is 67.7 Å². The van der Waals surface area contributed by atoms with Crippen molar-refractivity contribution in [3.63, 3.8) is 0 Å². The SMILES string of the molecule is C=CC(=O)N1CC2CN(CC(N)=O)c3c(c4cc(F)c(-c5c(O)cccc5F)c(F)c4n(-c4c(C)ccnc4C(C)C)c3=O)N2CC1C.C=CC(=O)N1CC2CN(CCCO)c3c(c4cc(F)c(-c5c(O)cccc5F)c(F)c4n(-c4c(C)ccnc4C(C)C)c3=O)N2CC1C.C=CC(=O)N1CC2CN(CCO)c3c(c4cc(F)c(-c5c(O)cccc5F)c(F)c4n(-c4c(C)ccnc4C(C)C)c3=O)N2CC1C. The first-order valence-electron chi connectivity index (χ1n) is 47.0. The third-order valence-corrected chi connectivity index (χ3v) is 27.7. The molecule has 0 saturated carbocycles. The van der Waals surface area contributed by atoms with Gasteiger partial charge < -0.3 is 75.4 Å². The Labute approximate surface area is 816 Å². The average Bonchev–Trinajstić information content (AvgIpc) is 0.708. The number of fused-ring (bicyclic) bond motifs is 15. The molecule has 37 heteroatoms. The Bertz CT molecular complexity index is 7400. The molecule has 18 rings (SSSR count). The molecular weight excluding hydrogens is 1860 g/mol. The third kappa shape index (κ3) is 17.4. The fraction of sp³-hybridized carbons (Fsp3) is 0.340. The molecule has 6 unspecified atom stereocenters. The Kier molecular flexibility index (Phi) is 28.1. The molecule has 6 atom stereocenters. The van der Waals surface area contributed by atoms with Crippen molar-refractivity contribution in [2.45, 2.75) is 144 Å². The monoisotopic (exact) mass is 1970 g/mol. The van der Waals surface area contributed by atoms with E-state index in [2.05, 4.69) is 34.7 Å². The van der Waals surface area contributed by atoms with Crippen LogP contribution in [0.2, 0.25) is 0 Å². The second-order valence-corrected chi connectivity index (χ2v) is 37.9. The van der Waals surface area contributed by atoms with Crippen LogP contribution in [0.4, 0.5) is 73.6 Å². The minimum Gasteiger partial charge on any atom is -0.507 e. The van der Waals surface area contributed by atoms with E-state index in [-0.39, 0.29) is 205 Å². The van der Waals surface area contributed by atoms with Crippen molar-refractivity contribution in [1.29, 1.82) is 0 Å². The zero-order chi connectivity index (χ0) is 103. The van der Waals surface area contributed by atoms with Crippen LogP contribution < -0.4 is 51.8 Å². The van der Waals surface area contributed by atoms with E-state index in [1.54, 1.807) is 77.2 Å². The fourth-order valence-electron chi connectivity index (χ4n) is 21.4. The molecule has 7 N–H and O–H groups in total. The maximum atomic E-state index is 17.3. The summed E-state index contributed by atoms with van der Waals surface area (Å²) in [5.41, 5.74) is 3.26. The summed E-state index contributed by atoms with van der Waals surface area (Å²) >= 11 is 0. The molecular formula is C106H109F9N16O12. The second kappa shape index (κ2) is 39.8. The molecule has 3 saturated heterocycles. The maximum Gasteiger partial charge on any atom is 0.281 e. The van der Waals surface area contributed by atoms with E-state index < -0.39 is 150 Å². The Hall–Kier alpha value is -15.0. The number of carbonyl (C=O) groups is 4. The van der Waals surface area contributed by atoms with Gasteiger partial charge in [-0.3, -0.25) is 62.2 Å². The molecule has 6 aliphatic rings. The number of pyridine rings is 6. The summed E-state index contributed by atoms with van der Waals surface area (Å²) in [7, 11) is 0. The van der Waals surface area contributed by atoms with Crippen LogP contribution in [0.15, 0.2) is 162 Å². The second-order valence-electron chi connectivity index (χ2n) is 37.9. The van der Waals surface area contributed by atoms with E-state index in [4.69, 9.17) is 5.73 Å². The zero-order valence-corrected chi connectivity index (χ0v) is 80.8. The number of β-amino-alcohol motifs (C(OH)–C–C–N with tert-alkyl or cyclic N) is 1. The molecule has 6 aromatic carbocycles. The van der Waals surface area contributed by atoms with Gasteiger partial charge >= 0.3 is 0 Å². The Morgan fingerprint density at radius 1 is 0.392 bits per heavy atom. The number of primary amides is 1. The van der Waals surface area contributed by atoms with Gasteiger partial charge in [-0.25, -0.2) is 39.5 Å². The molecule has 12 aromatic rings. The quantitative estimate of drug-likeness (QED) is 0.0323. The predicted molar refractivity (Wildman–Crippen MR) is 532 cm³/mol. The summed E-state index contributed by atoms with van der Waals surface area (Å²) in [4.78, 5) is 125. The van der Waals surface area contributed by atoms with Gasteiger partial charge in [-0.05, 0) is 173 Å². The number of aliphatic hydroxyl groups excluding tert-OH is 2. The molecule has 28 nitrogen and oxygen atoms in total. The van der Waals surface area contributed by atoms with Gasteiger partial charge in [0.25, 0.3) is 16.7 Å². The number of anilines is 6. The lowest BCUT2D eigenvalue weighted by molar-refractivity contribution is -0.129. The van der Waals surface area contributed by atoms with E-state index in [1.165, 1.54) is 50.5 Å². The number of piperazine rings is 3. The fourth-order valence-corrected chi connectivity index (χ4v) is 21.4. The summed E-state index contributed by atoms with van der Waals surface area (Å²) in [5.74, 6) is -14.6. The number of aromatic nitrogens is 6. The Balaban J connectivity index is 0.000000154. The van der Waals surface area contributed by atoms with Gasteiger partial charge in [-0.1, -0.05) is 79.5 Å². The smallest absolute Gasteiger partial charge is 0.281 e. The number of aromatic hydroxyl groups is 3. The molecule has 748 valence electrons. The van der Waals surface area contributed by atoms with Gasteiger partial charge in [-0.2, -0.15) is 0 Å². The summed E-state index contributed by atoms with van der Waals surface area (Å²) in [5, 5.41) is 51.8. The molecule has 143 heavy (non-hydrogen) atoms. The average molecular weight is 1970 g/mol. The number of phenols is 3. The van der Waals surface area contributed by atoms with Crippen molar-refractivity contribution in [1.82, 2.24) is 43.4 Å². The number of rotatable bonds is 19. The highest BCUT2D eigenvalue weighted by molar-refractivity contribution is 6.07. The van der Waals surface area contributed by atoms with Crippen LogP contribution in [-0.4, -0.2) is 221 Å². The standard InChI is InChI=1S/C36H38F3N5O4.C35H35F3N6O4.C35H36F3N5O4/c1-6-27(47)42-18-22-17-41(13-8-14-45)35-34(43(22)16-21(42)5)23-15-25(38)29(28-24(37)9-7-10-26(28)46)30(39)33(23)44(36(35)48)32-20(4)11-12-40-31(32)19(2)3;1-6-26(47)42-15-20-14-41(16-25(39)46)34-33(43(20)13-19(42)5)21-12-23(37)28(27-22(36)8-7-9-24(27)45)29(38)32(21)44(35(34)48)31-18(4)10-11-40-30(31)17(2)3;1-6-26(46)41-17-21-16-40(12-13-44)34-33(42(21)15-20(41)5)22-14-24(37)28(27-23(36)8-7-9-25(27)45)29(38)32(22)43(35(34)47)31-19(4)10-11-39-30(31)18(2)3/h6-7,9-12,15,19,21-22,45-46H,1,8,13-14,16-18H2,2-5H3;6-12,17,19-20,45H,1,13-16H2,2-5H3,(H2,39,46);6-11,14,18,20-21,44-45H,1,12-13,15-17H2,2-5H3. The number of amides is 4. The van der Waals surface area contributed by atoms with Gasteiger partial charge in [0.1, 0.15) is 69.2 Å². The van der Waals surface area contributed by atoms with Crippen molar-refractivity contribution in [2.75, 3.05) is 121 Å². The number of aliphatic hydroxyl groups is 2. The Morgan fingerprint density at radius 3 is 0.944 bits per heavy atom. The maximum absolute atomic E-state index is 17.3. The van der Waals surface area contributed by atoms with Crippen molar-refractivity contribution >= 4 is 90.5 Å². The number of nitrogens with zero attached hydrogens (tertiary/aromatic N) is 15. The number of halogens is 9. The molecule has 0 radical (unpaired) electrons. The topological polar surface area (TPSA) is 329 Å². The largest absolute Gasteiger partial charge is 0.507 e. The molecule has 0 aliphatic carbocycles. The van der Waals surface area contributed by atoms with Crippen molar-refractivity contribution in [2.24, 2.45) is 5.73 Å². The summed E-state index contributed by atoms with van der Waals surface area (Å²) in [6, 6.07) is 15.8. The lowest BCUT2D eigenvalue weighted by Gasteiger charge is -2.52. The molecule has 4 amide bonds. The van der Waals surface area contributed by atoms with Crippen molar-refractivity contribution in [3.05, 3.63) is 265 Å². The molecule has 6 aliphatic heterocycles. The van der Waals surface area contributed by atoms with Gasteiger partial charge in [0.2, 0.25) is 23.6 Å². The number of hydrogen-bond donors (Lipinski definition) is 6. The van der Waals surface area contributed by atoms with Crippen LogP contribution in [0.5, 0.6) is 17.2 Å². The normalized spacial score (nSPS) is 17.6. The highest BCUT2D eigenvalue weighted by Gasteiger charge is 2.49. The number of aryl methyl sites for hydroxylation is 3. The number of phenolic OH excluding ortho intramolecular Hbond substituents is 3. The number of nitrogens with two attached hydrogens (primary N) is 1. The van der Waals surface area contributed by atoms with Crippen LogP contribution in [0.3, 0.4) is 0 Å². The Morgan fingerprint density at radius 2 is 0.678 bits per heavy atom. The van der Waals surface area contributed by atoms with E-state index in [9.17, 15) is 54.3 Å². The lowest BCUT2D eigenvalue weighted by atomic mass is 9.94. The van der Waals surface area contributed by atoms with Crippen LogP contribution in [0.25, 0.3) is 83.2 Å². The molecule has 0 spiro atoms. The zero-order valence-electron chi connectivity index (χ0n) is 80.8. The van der Waals surface area contributed by atoms with Gasteiger partial charge in [0.05, 0.1) is 132 Å². The highest BCUT2D eigenvalue weighted by Crippen LogP contribution is 2.52. The number of hydrogen-bond acceptors (Lipinski definition) is 21. The molecule has 12 heterocycles. The van der Waals surface area contributed by atoms with Crippen LogP contribution in [-0.2, 0) is 19.2 Å². The van der Waals surface area contributed by atoms with E-state index in [0.717, 1.165) is 59.2 Å². The van der Waals surface area contributed by atoms with Gasteiger partial charge in [0, 0.05) is 131 Å². The molecule has 0 bridgehead atoms. The van der Waals surface area contributed by atoms with Gasteiger partial charge in [0.15, 0.2) is 17.5 Å². The minimum atomic E-state index is -1.28. The first kappa shape index (κ1) is 101. The number of benzene rings is 6.